The highest BCUT2D eigenvalue weighted by Crippen LogP contribution is 2.18. The van der Waals surface area contributed by atoms with E-state index in [0.29, 0.717) is 19.0 Å². The van der Waals surface area contributed by atoms with Gasteiger partial charge in [-0.25, -0.2) is 4.39 Å². The summed E-state index contributed by atoms with van der Waals surface area (Å²) in [6, 6.07) is 6.06. The van der Waals surface area contributed by atoms with E-state index >= 15 is 0 Å². The number of hydrogen-bond donors (Lipinski definition) is 1. The zero-order chi connectivity index (χ0) is 19.5. The number of likely N-dealkylation sites (tertiary alicyclic amines) is 1. The van der Waals surface area contributed by atoms with E-state index in [1.807, 2.05) is 6.92 Å². The largest absolute Gasteiger partial charge is 0.494 e. The molecule has 0 saturated carbocycles. The molecule has 1 aromatic carbocycles. The molecule has 1 saturated heterocycles. The number of ether oxygens (including phenoxy) is 2. The Morgan fingerprint density at radius 3 is 2.59 bits per heavy atom. The number of nitrogens with one attached hydrogen (secondary N) is 1. The molecular weight excluding hydrogens is 349 g/mol. The second kappa shape index (κ2) is 11.4. The molecule has 0 aromatic heterocycles. The molecule has 1 fully saturated rings. The Balaban J connectivity index is 1.60. The van der Waals surface area contributed by atoms with Crippen LogP contribution < -0.4 is 10.1 Å². The second-order valence-electron chi connectivity index (χ2n) is 6.50. The minimum atomic E-state index is -0.260. The average molecular weight is 379 g/mol. The van der Waals surface area contributed by atoms with Gasteiger partial charge in [0.05, 0.1) is 19.1 Å². The number of guanidine groups is 1. The number of nitrogens with zero attached hydrogens (tertiary/aromatic N) is 2. The summed E-state index contributed by atoms with van der Waals surface area (Å²) in [5, 5.41) is 3.37. The summed E-state index contributed by atoms with van der Waals surface area (Å²) in [5.74, 6) is 1.22. The first-order valence-electron chi connectivity index (χ1n) is 9.64. The number of esters is 1. The predicted molar refractivity (Wildman–Crippen MR) is 103 cm³/mol. The van der Waals surface area contributed by atoms with Crippen molar-refractivity contribution in [2.75, 3.05) is 39.9 Å². The summed E-state index contributed by atoms with van der Waals surface area (Å²) in [4.78, 5) is 18.3. The molecule has 0 amide bonds. The number of hydrogen-bond acceptors (Lipinski definition) is 4. The van der Waals surface area contributed by atoms with Crippen molar-refractivity contribution in [3.63, 3.8) is 0 Å². The van der Waals surface area contributed by atoms with Gasteiger partial charge < -0.3 is 19.7 Å². The number of unbranched alkanes of at least 4 members (excludes halogenated alkanes) is 1. The highest BCUT2D eigenvalue weighted by Gasteiger charge is 2.27. The number of piperidine rings is 1. The van der Waals surface area contributed by atoms with Crippen LogP contribution in [-0.4, -0.2) is 56.7 Å². The van der Waals surface area contributed by atoms with E-state index in [-0.39, 0.29) is 17.7 Å². The fraction of sp³-hybridized carbons (Fsp3) is 0.600. The molecule has 0 bridgehead atoms. The van der Waals surface area contributed by atoms with Crippen LogP contribution >= 0.6 is 0 Å². The van der Waals surface area contributed by atoms with Crippen molar-refractivity contribution in [1.82, 2.24) is 10.2 Å². The zero-order valence-electron chi connectivity index (χ0n) is 16.2. The van der Waals surface area contributed by atoms with Gasteiger partial charge in [-0.2, -0.15) is 0 Å². The molecule has 150 valence electrons. The Bertz CT molecular complexity index is 599. The van der Waals surface area contributed by atoms with E-state index in [0.717, 1.165) is 51.3 Å². The van der Waals surface area contributed by atoms with Crippen LogP contribution in [0.25, 0.3) is 0 Å². The summed E-state index contributed by atoms with van der Waals surface area (Å²) in [7, 11) is 1.78. The summed E-state index contributed by atoms with van der Waals surface area (Å²) in [6.45, 7) is 5.28. The molecule has 27 heavy (non-hydrogen) atoms. The van der Waals surface area contributed by atoms with Crippen LogP contribution in [0.2, 0.25) is 0 Å². The number of benzene rings is 1. The van der Waals surface area contributed by atoms with E-state index in [2.05, 4.69) is 15.2 Å². The third-order valence-electron chi connectivity index (χ3n) is 4.56. The molecule has 0 aliphatic carbocycles. The highest BCUT2D eigenvalue weighted by atomic mass is 19.1. The maximum Gasteiger partial charge on any atom is 0.309 e. The maximum absolute atomic E-state index is 12.8. The Kier molecular flexibility index (Phi) is 8.87. The fourth-order valence-electron chi connectivity index (χ4n) is 3.07. The van der Waals surface area contributed by atoms with Gasteiger partial charge >= 0.3 is 5.97 Å². The van der Waals surface area contributed by atoms with Gasteiger partial charge in [0, 0.05) is 26.7 Å². The van der Waals surface area contributed by atoms with Crippen molar-refractivity contribution in [3.8, 4) is 5.75 Å². The van der Waals surface area contributed by atoms with Crippen LogP contribution in [0, 0.1) is 11.7 Å². The van der Waals surface area contributed by atoms with Gasteiger partial charge in [0.25, 0.3) is 0 Å². The SMILES string of the molecule is CCOC(=O)C1CCN(C(=NC)NCCCCOc2ccc(F)cc2)CC1. The lowest BCUT2D eigenvalue weighted by atomic mass is 9.97. The normalized spacial score (nSPS) is 15.5. The summed E-state index contributed by atoms with van der Waals surface area (Å²) in [5.41, 5.74) is 0. The van der Waals surface area contributed by atoms with Crippen LogP contribution in [0.15, 0.2) is 29.3 Å². The number of rotatable bonds is 8. The van der Waals surface area contributed by atoms with E-state index in [4.69, 9.17) is 9.47 Å². The maximum atomic E-state index is 12.8. The first-order chi connectivity index (χ1) is 13.1. The molecule has 6 nitrogen and oxygen atoms in total. The van der Waals surface area contributed by atoms with Crippen molar-refractivity contribution in [1.29, 1.82) is 0 Å². The van der Waals surface area contributed by atoms with E-state index in [1.54, 1.807) is 19.2 Å². The van der Waals surface area contributed by atoms with Crippen molar-refractivity contribution in [2.45, 2.75) is 32.6 Å². The molecule has 1 N–H and O–H groups in total. The van der Waals surface area contributed by atoms with Gasteiger partial charge in [0.15, 0.2) is 5.96 Å². The standard InChI is InChI=1S/C20H30FN3O3/c1-3-26-19(25)16-10-13-24(14-11-16)20(22-2)23-12-4-5-15-27-18-8-6-17(21)7-9-18/h6-9,16H,3-5,10-15H2,1-2H3,(H,22,23). The molecule has 0 atom stereocenters. The summed E-state index contributed by atoms with van der Waals surface area (Å²) < 4.78 is 23.5. The molecule has 2 rings (SSSR count). The Hall–Kier alpha value is -2.31. The minimum absolute atomic E-state index is 0.00270. The van der Waals surface area contributed by atoms with Crippen LogP contribution in [0.4, 0.5) is 4.39 Å². The Morgan fingerprint density at radius 1 is 1.26 bits per heavy atom. The first-order valence-corrected chi connectivity index (χ1v) is 9.64. The van der Waals surface area contributed by atoms with Crippen molar-refractivity contribution >= 4 is 11.9 Å². The highest BCUT2D eigenvalue weighted by molar-refractivity contribution is 5.80. The Morgan fingerprint density at radius 2 is 1.96 bits per heavy atom. The third kappa shape index (κ3) is 7.07. The van der Waals surface area contributed by atoms with Crippen LogP contribution in [0.5, 0.6) is 5.75 Å². The molecule has 1 aliphatic rings. The predicted octanol–water partition coefficient (Wildman–Crippen LogP) is 2.84. The quantitative estimate of drug-likeness (QED) is 0.326. The monoisotopic (exact) mass is 379 g/mol. The molecule has 7 heteroatoms. The van der Waals surface area contributed by atoms with Crippen molar-refractivity contribution in [3.05, 3.63) is 30.1 Å². The second-order valence-corrected chi connectivity index (χ2v) is 6.50. The van der Waals surface area contributed by atoms with Gasteiger partial charge in [0.1, 0.15) is 11.6 Å². The molecule has 0 unspecified atom stereocenters. The lowest BCUT2D eigenvalue weighted by Crippen LogP contribution is -2.47. The molecule has 1 aromatic rings. The van der Waals surface area contributed by atoms with E-state index in [9.17, 15) is 9.18 Å². The van der Waals surface area contributed by atoms with E-state index < -0.39 is 0 Å². The van der Waals surface area contributed by atoms with Crippen LogP contribution in [-0.2, 0) is 9.53 Å². The van der Waals surface area contributed by atoms with Gasteiger partial charge in [-0.1, -0.05) is 0 Å². The lowest BCUT2D eigenvalue weighted by Gasteiger charge is -2.33. The molecule has 1 heterocycles. The molecule has 0 radical (unpaired) electrons. The summed E-state index contributed by atoms with van der Waals surface area (Å²) in [6.07, 6.45) is 3.43. The van der Waals surface area contributed by atoms with Crippen molar-refractivity contribution in [2.24, 2.45) is 10.9 Å². The number of carbonyl (C=O) groups excluding carboxylic acids is 1. The number of aliphatic imine (C=N–C) groups is 1. The lowest BCUT2D eigenvalue weighted by molar-refractivity contribution is -0.149. The molecule has 0 spiro atoms. The first kappa shape index (κ1) is 21.0. The minimum Gasteiger partial charge on any atom is -0.494 e. The topological polar surface area (TPSA) is 63.2 Å². The molecular formula is C20H30FN3O3. The zero-order valence-corrected chi connectivity index (χ0v) is 16.2. The van der Waals surface area contributed by atoms with E-state index in [1.165, 1.54) is 12.1 Å². The summed E-state index contributed by atoms with van der Waals surface area (Å²) >= 11 is 0. The fourth-order valence-corrected chi connectivity index (χ4v) is 3.07. The van der Waals surface area contributed by atoms with Gasteiger partial charge in [-0.15, -0.1) is 0 Å². The van der Waals surface area contributed by atoms with Crippen molar-refractivity contribution < 1.29 is 18.7 Å². The molecule has 1 aliphatic heterocycles. The van der Waals surface area contributed by atoms with Gasteiger partial charge in [-0.05, 0) is 56.9 Å². The Labute approximate surface area is 160 Å². The third-order valence-corrected chi connectivity index (χ3v) is 4.56. The van der Waals surface area contributed by atoms with Gasteiger partial charge in [-0.3, -0.25) is 9.79 Å². The van der Waals surface area contributed by atoms with Crippen LogP contribution in [0.1, 0.15) is 32.6 Å². The number of halogens is 1. The average Bonchev–Trinajstić information content (AvgIpc) is 2.69. The number of carbonyl (C=O) groups is 1. The van der Waals surface area contributed by atoms with Crippen LogP contribution in [0.3, 0.4) is 0 Å². The smallest absolute Gasteiger partial charge is 0.309 e. The van der Waals surface area contributed by atoms with Gasteiger partial charge in [0.2, 0.25) is 0 Å².